The minimum atomic E-state index is -4.42. The van der Waals surface area contributed by atoms with Crippen LogP contribution in [0, 0.1) is 5.51 Å². The minimum Gasteiger partial charge on any atom is -0.292 e. The smallest absolute Gasteiger partial charge is 0.292 e. The zero-order chi connectivity index (χ0) is 15.3. The van der Waals surface area contributed by atoms with Crippen molar-refractivity contribution in [2.24, 2.45) is 0 Å². The van der Waals surface area contributed by atoms with Crippen molar-refractivity contribution in [1.82, 2.24) is 14.9 Å². The fraction of sp³-hybridized carbons (Fsp3) is 0.429. The standard InChI is InChI=1S/C14H15F3N3S/c1-2-7-20(8-11-5-3-4-6-18-11)9-12-13(14(15,16)17)19-10-21-12/h3-6H,2,7-9H2,1H3. The molecule has 113 valence electrons. The Morgan fingerprint density at radius 1 is 1.29 bits per heavy atom. The van der Waals surface area contributed by atoms with Crippen molar-refractivity contribution < 1.29 is 13.2 Å². The van der Waals surface area contributed by atoms with Crippen LogP contribution in [-0.2, 0) is 19.3 Å². The van der Waals surface area contributed by atoms with Crippen LogP contribution in [-0.4, -0.2) is 21.4 Å². The van der Waals surface area contributed by atoms with E-state index in [0.717, 1.165) is 23.5 Å². The first-order chi connectivity index (χ1) is 10.0. The van der Waals surface area contributed by atoms with E-state index in [4.69, 9.17) is 0 Å². The third-order valence-corrected chi connectivity index (χ3v) is 3.63. The zero-order valence-electron chi connectivity index (χ0n) is 11.5. The predicted octanol–water partition coefficient (Wildman–Crippen LogP) is 3.77. The number of thiazole rings is 1. The van der Waals surface area contributed by atoms with E-state index in [1.165, 1.54) is 0 Å². The van der Waals surface area contributed by atoms with E-state index >= 15 is 0 Å². The van der Waals surface area contributed by atoms with Crippen LogP contribution in [0.25, 0.3) is 0 Å². The fourth-order valence-electron chi connectivity index (χ4n) is 2.02. The van der Waals surface area contributed by atoms with Gasteiger partial charge in [0.05, 0.1) is 10.6 Å². The Labute approximate surface area is 125 Å². The molecule has 0 amide bonds. The third kappa shape index (κ3) is 4.50. The van der Waals surface area contributed by atoms with Gasteiger partial charge in [-0.3, -0.25) is 9.88 Å². The largest absolute Gasteiger partial charge is 0.434 e. The Hall–Kier alpha value is -1.47. The first-order valence-electron chi connectivity index (χ1n) is 6.56. The summed E-state index contributed by atoms with van der Waals surface area (Å²) in [5.74, 6) is 0. The van der Waals surface area contributed by atoms with Crippen LogP contribution in [0.5, 0.6) is 0 Å². The molecule has 0 unspecified atom stereocenters. The molecule has 2 aromatic rings. The fourth-order valence-corrected chi connectivity index (χ4v) is 2.77. The first kappa shape index (κ1) is 15.9. The molecule has 3 nitrogen and oxygen atoms in total. The number of nitrogens with zero attached hydrogens (tertiary/aromatic N) is 3. The maximum atomic E-state index is 12.8. The van der Waals surface area contributed by atoms with Crippen molar-refractivity contribution in [2.75, 3.05) is 6.54 Å². The second kappa shape index (κ2) is 7.00. The van der Waals surface area contributed by atoms with Gasteiger partial charge in [-0.25, -0.2) is 4.98 Å². The minimum absolute atomic E-state index is 0.201. The maximum Gasteiger partial charge on any atom is 0.434 e. The summed E-state index contributed by atoms with van der Waals surface area (Å²) in [6, 6.07) is 5.55. The van der Waals surface area contributed by atoms with E-state index in [1.54, 1.807) is 6.20 Å². The normalized spacial score (nSPS) is 12.0. The quantitative estimate of drug-likeness (QED) is 0.813. The molecule has 2 aromatic heterocycles. The summed E-state index contributed by atoms with van der Waals surface area (Å²) in [6.45, 7) is 3.42. The summed E-state index contributed by atoms with van der Waals surface area (Å²) < 4.78 is 38.5. The van der Waals surface area contributed by atoms with Gasteiger partial charge < -0.3 is 0 Å². The summed E-state index contributed by atoms with van der Waals surface area (Å²) in [7, 11) is 0. The second-order valence-corrected chi connectivity index (χ2v) is 5.49. The molecule has 0 bridgehead atoms. The van der Waals surface area contributed by atoms with Crippen molar-refractivity contribution in [3.8, 4) is 0 Å². The van der Waals surface area contributed by atoms with Gasteiger partial charge in [0.25, 0.3) is 0 Å². The molecule has 0 saturated heterocycles. The van der Waals surface area contributed by atoms with Crippen LogP contribution in [0.3, 0.4) is 0 Å². The van der Waals surface area contributed by atoms with Crippen LogP contribution in [0.2, 0.25) is 0 Å². The molecule has 0 fully saturated rings. The molecule has 21 heavy (non-hydrogen) atoms. The van der Waals surface area contributed by atoms with Crippen LogP contribution in [0.1, 0.15) is 29.6 Å². The molecule has 0 aromatic carbocycles. The van der Waals surface area contributed by atoms with E-state index in [0.29, 0.717) is 13.1 Å². The lowest BCUT2D eigenvalue weighted by Gasteiger charge is -2.21. The van der Waals surface area contributed by atoms with Gasteiger partial charge in [-0.2, -0.15) is 13.2 Å². The Kier molecular flexibility index (Phi) is 5.30. The molecule has 0 saturated carbocycles. The van der Waals surface area contributed by atoms with Gasteiger partial charge in [0, 0.05) is 19.3 Å². The third-order valence-electron chi connectivity index (χ3n) is 2.88. The van der Waals surface area contributed by atoms with Gasteiger partial charge in [-0.15, -0.1) is 11.3 Å². The second-order valence-electron chi connectivity index (χ2n) is 4.61. The van der Waals surface area contributed by atoms with E-state index in [2.05, 4.69) is 15.5 Å². The lowest BCUT2D eigenvalue weighted by Crippen LogP contribution is -2.25. The lowest BCUT2D eigenvalue weighted by molar-refractivity contribution is -0.141. The number of rotatable bonds is 6. The highest BCUT2D eigenvalue weighted by Gasteiger charge is 2.36. The molecular weight excluding hydrogens is 299 g/mol. The average Bonchev–Trinajstić information content (AvgIpc) is 2.88. The van der Waals surface area contributed by atoms with Gasteiger partial charge >= 0.3 is 6.18 Å². The van der Waals surface area contributed by atoms with Crippen molar-refractivity contribution >= 4 is 11.3 Å². The van der Waals surface area contributed by atoms with Gasteiger partial charge in [0.2, 0.25) is 0 Å². The lowest BCUT2D eigenvalue weighted by atomic mass is 10.2. The molecule has 0 aliphatic heterocycles. The van der Waals surface area contributed by atoms with Gasteiger partial charge in [-0.1, -0.05) is 13.0 Å². The highest BCUT2D eigenvalue weighted by Crippen LogP contribution is 2.33. The number of aromatic nitrogens is 2. The molecule has 2 rings (SSSR count). The highest BCUT2D eigenvalue weighted by atomic mass is 32.1. The van der Waals surface area contributed by atoms with Crippen LogP contribution in [0.4, 0.5) is 13.2 Å². The van der Waals surface area contributed by atoms with Gasteiger partial charge in [0.1, 0.15) is 0 Å². The van der Waals surface area contributed by atoms with Crippen molar-refractivity contribution in [1.29, 1.82) is 0 Å². The molecule has 0 N–H and O–H groups in total. The van der Waals surface area contributed by atoms with Crippen LogP contribution < -0.4 is 0 Å². The summed E-state index contributed by atoms with van der Waals surface area (Å²) in [6.07, 6.45) is -1.88. The topological polar surface area (TPSA) is 29.0 Å². The van der Waals surface area contributed by atoms with Crippen molar-refractivity contribution in [3.05, 3.63) is 46.2 Å². The molecule has 2 heterocycles. The molecule has 0 aliphatic rings. The zero-order valence-corrected chi connectivity index (χ0v) is 12.3. The van der Waals surface area contributed by atoms with E-state index in [9.17, 15) is 13.2 Å². The average molecular weight is 314 g/mol. The predicted molar refractivity (Wildman–Crippen MR) is 74.6 cm³/mol. The first-order valence-corrected chi connectivity index (χ1v) is 7.37. The van der Waals surface area contributed by atoms with Crippen LogP contribution >= 0.6 is 11.3 Å². The molecule has 0 aliphatic carbocycles. The molecule has 0 spiro atoms. The Morgan fingerprint density at radius 3 is 2.71 bits per heavy atom. The summed E-state index contributed by atoms with van der Waals surface area (Å²) in [5.41, 5.74) is 2.36. The number of hydrogen-bond donors (Lipinski definition) is 0. The molecule has 7 heteroatoms. The number of alkyl halides is 3. The van der Waals surface area contributed by atoms with Crippen LogP contribution in [0.15, 0.2) is 24.4 Å². The molecule has 1 radical (unpaired) electrons. The number of hydrogen-bond acceptors (Lipinski definition) is 4. The van der Waals surface area contributed by atoms with E-state index < -0.39 is 11.9 Å². The van der Waals surface area contributed by atoms with E-state index in [-0.39, 0.29) is 11.4 Å². The highest BCUT2D eigenvalue weighted by molar-refractivity contribution is 7.09. The summed E-state index contributed by atoms with van der Waals surface area (Å²) in [5, 5.41) is 0. The monoisotopic (exact) mass is 314 g/mol. The van der Waals surface area contributed by atoms with Crippen molar-refractivity contribution in [2.45, 2.75) is 32.6 Å². The Bertz CT molecular complexity index is 554. The van der Waals surface area contributed by atoms with E-state index in [1.807, 2.05) is 30.0 Å². The SMILES string of the molecule is CCCN(Cc1ccccn1)Cc1s[c]nc1C(F)(F)F. The number of pyridine rings is 1. The number of halogens is 3. The molecular formula is C14H15F3N3S. The van der Waals surface area contributed by atoms with Gasteiger partial charge in [-0.05, 0) is 25.1 Å². The molecule has 0 atom stereocenters. The Morgan fingerprint density at radius 2 is 2.10 bits per heavy atom. The van der Waals surface area contributed by atoms with Gasteiger partial charge in [0.15, 0.2) is 11.2 Å². The summed E-state index contributed by atoms with van der Waals surface area (Å²) >= 11 is 0.923. The Balaban J connectivity index is 2.12. The maximum absolute atomic E-state index is 12.8. The summed E-state index contributed by atoms with van der Waals surface area (Å²) in [4.78, 5) is 9.70. The van der Waals surface area contributed by atoms with Crippen molar-refractivity contribution in [3.63, 3.8) is 0 Å².